The van der Waals surface area contributed by atoms with Crippen LogP contribution in [-0.4, -0.2) is 44.9 Å². The number of carbonyl (C=O) groups excluding carboxylic acids is 1. The lowest BCUT2D eigenvalue weighted by molar-refractivity contribution is 0.0579. The molecule has 4 rings (SSSR count). The Kier molecular flexibility index (Phi) is 5.82. The molecule has 9 nitrogen and oxygen atoms in total. The molecule has 0 saturated carbocycles. The van der Waals surface area contributed by atoms with E-state index in [4.69, 9.17) is 15.2 Å². The molecule has 32 heavy (non-hydrogen) atoms. The maximum Gasteiger partial charge on any atom is 0.416 e. The van der Waals surface area contributed by atoms with Crippen LogP contribution in [0.2, 0.25) is 0 Å². The molecule has 3 heterocycles. The van der Waals surface area contributed by atoms with Crippen molar-refractivity contribution < 1.29 is 14.3 Å². The summed E-state index contributed by atoms with van der Waals surface area (Å²) in [5, 5.41) is 9.07. The van der Waals surface area contributed by atoms with E-state index in [0.717, 1.165) is 42.0 Å². The van der Waals surface area contributed by atoms with Gasteiger partial charge in [0, 0.05) is 13.1 Å². The molecule has 2 aromatic heterocycles. The Morgan fingerprint density at radius 2 is 1.81 bits per heavy atom. The molecule has 0 unspecified atom stereocenters. The first-order valence-electron chi connectivity index (χ1n) is 10.8. The van der Waals surface area contributed by atoms with Gasteiger partial charge in [0.2, 0.25) is 0 Å². The predicted molar refractivity (Wildman–Crippen MR) is 123 cm³/mol. The summed E-state index contributed by atoms with van der Waals surface area (Å²) in [5.74, 6) is 1.49. The highest BCUT2D eigenvalue weighted by molar-refractivity contribution is 5.93. The average molecular weight is 439 g/mol. The molecule has 1 aromatic carbocycles. The molecule has 9 heteroatoms. The first-order chi connectivity index (χ1) is 15.3. The number of rotatable bonds is 4. The fraction of sp³-hybridized carbons (Fsp3) is 0.435. The molecule has 0 fully saturated rings. The number of benzene rings is 1. The molecule has 3 aromatic rings. The van der Waals surface area contributed by atoms with E-state index in [1.165, 1.54) is 0 Å². The predicted octanol–water partition coefficient (Wildman–Crippen LogP) is 3.92. The lowest BCUT2D eigenvalue weighted by Gasteiger charge is -2.27. The van der Waals surface area contributed by atoms with Gasteiger partial charge in [0.25, 0.3) is 0 Å². The van der Waals surface area contributed by atoms with Gasteiger partial charge in [-0.1, -0.05) is 12.1 Å². The standard InChI is InChI=1S/C23H30N6O3/c1-23(2,3)32-22(30)27-11-5-6-12-28-21(27)18(13-25-28)20-19(24)14-26-29(20)15-16-7-9-17(31-4)10-8-16/h7-10,13-14H,5-6,11-12,15,24H2,1-4H3. The highest BCUT2D eigenvalue weighted by atomic mass is 16.6. The molecule has 1 aliphatic heterocycles. The van der Waals surface area contributed by atoms with Gasteiger partial charge >= 0.3 is 6.09 Å². The van der Waals surface area contributed by atoms with Gasteiger partial charge in [-0.25, -0.2) is 9.48 Å². The van der Waals surface area contributed by atoms with Crippen molar-refractivity contribution in [2.75, 3.05) is 24.3 Å². The Balaban J connectivity index is 1.73. The molecule has 0 aliphatic carbocycles. The highest BCUT2D eigenvalue weighted by Gasteiger charge is 2.31. The third-order valence-electron chi connectivity index (χ3n) is 5.30. The van der Waals surface area contributed by atoms with E-state index in [1.54, 1.807) is 24.4 Å². The monoisotopic (exact) mass is 438 g/mol. The number of aryl methyl sites for hydroxylation is 1. The van der Waals surface area contributed by atoms with Crippen LogP contribution in [0.15, 0.2) is 36.7 Å². The lowest BCUT2D eigenvalue weighted by atomic mass is 10.1. The molecular formula is C23H30N6O3. The smallest absolute Gasteiger partial charge is 0.416 e. The fourth-order valence-electron chi connectivity index (χ4n) is 3.84. The summed E-state index contributed by atoms with van der Waals surface area (Å²) < 4.78 is 14.6. The molecule has 0 spiro atoms. The number of anilines is 2. The molecule has 2 N–H and O–H groups in total. The van der Waals surface area contributed by atoms with Crippen molar-refractivity contribution in [1.29, 1.82) is 0 Å². The molecule has 0 saturated heterocycles. The normalized spacial score (nSPS) is 14.1. The van der Waals surface area contributed by atoms with Gasteiger partial charge < -0.3 is 15.2 Å². The van der Waals surface area contributed by atoms with Gasteiger partial charge in [-0.2, -0.15) is 10.2 Å². The summed E-state index contributed by atoms with van der Waals surface area (Å²) in [7, 11) is 1.64. The van der Waals surface area contributed by atoms with Crippen LogP contribution in [0.3, 0.4) is 0 Å². The van der Waals surface area contributed by atoms with E-state index in [2.05, 4.69) is 10.2 Å². The number of amides is 1. The first-order valence-corrected chi connectivity index (χ1v) is 10.8. The largest absolute Gasteiger partial charge is 0.497 e. The lowest BCUT2D eigenvalue weighted by Crippen LogP contribution is -2.38. The number of nitrogens with two attached hydrogens (primary N) is 1. The topological polar surface area (TPSA) is 100 Å². The van der Waals surface area contributed by atoms with Crippen molar-refractivity contribution in [3.05, 3.63) is 42.2 Å². The Morgan fingerprint density at radius 1 is 1.09 bits per heavy atom. The summed E-state index contributed by atoms with van der Waals surface area (Å²) in [6.07, 6.45) is 4.80. The molecule has 170 valence electrons. The van der Waals surface area contributed by atoms with Gasteiger partial charge in [0.15, 0.2) is 0 Å². The molecule has 0 radical (unpaired) electrons. The Labute approximate surface area is 187 Å². The first kappa shape index (κ1) is 21.7. The van der Waals surface area contributed by atoms with Crippen LogP contribution in [-0.2, 0) is 17.8 Å². The number of fused-ring (bicyclic) bond motifs is 1. The minimum Gasteiger partial charge on any atom is -0.497 e. The van der Waals surface area contributed by atoms with E-state index in [0.29, 0.717) is 24.6 Å². The number of nitrogens with zero attached hydrogens (tertiary/aromatic N) is 5. The summed E-state index contributed by atoms with van der Waals surface area (Å²) in [6, 6.07) is 7.81. The molecule has 1 aliphatic rings. The van der Waals surface area contributed by atoms with E-state index in [9.17, 15) is 4.79 Å². The maximum atomic E-state index is 13.1. The number of methoxy groups -OCH3 is 1. The van der Waals surface area contributed by atoms with Gasteiger partial charge in [-0.15, -0.1) is 0 Å². The second-order valence-corrected chi connectivity index (χ2v) is 8.90. The van der Waals surface area contributed by atoms with Crippen LogP contribution < -0.4 is 15.4 Å². The fourth-order valence-corrected chi connectivity index (χ4v) is 3.84. The zero-order valence-corrected chi connectivity index (χ0v) is 19.0. The number of ether oxygens (including phenoxy) is 2. The number of hydrogen-bond donors (Lipinski definition) is 1. The second kappa shape index (κ2) is 8.57. The van der Waals surface area contributed by atoms with E-state index in [-0.39, 0.29) is 6.09 Å². The zero-order valence-electron chi connectivity index (χ0n) is 19.0. The van der Waals surface area contributed by atoms with E-state index < -0.39 is 5.60 Å². The number of hydrogen-bond acceptors (Lipinski definition) is 6. The maximum absolute atomic E-state index is 13.1. The van der Waals surface area contributed by atoms with E-state index in [1.807, 2.05) is 54.4 Å². The summed E-state index contributed by atoms with van der Waals surface area (Å²) in [6.45, 7) is 7.39. The van der Waals surface area contributed by atoms with Gasteiger partial charge in [0.1, 0.15) is 17.2 Å². The van der Waals surface area contributed by atoms with Crippen LogP contribution in [0.5, 0.6) is 5.75 Å². The SMILES string of the molecule is COc1ccc(Cn2ncc(N)c2-c2cnn3c2N(C(=O)OC(C)(C)C)CCCC3)cc1. The van der Waals surface area contributed by atoms with Crippen LogP contribution in [0.25, 0.3) is 11.3 Å². The molecule has 0 bridgehead atoms. The number of nitrogen functional groups attached to an aromatic ring is 1. The zero-order chi connectivity index (χ0) is 22.9. The van der Waals surface area contributed by atoms with Gasteiger partial charge in [-0.3, -0.25) is 9.58 Å². The van der Waals surface area contributed by atoms with Crippen molar-refractivity contribution in [2.45, 2.75) is 52.3 Å². The third-order valence-corrected chi connectivity index (χ3v) is 5.30. The summed E-state index contributed by atoms with van der Waals surface area (Å²) >= 11 is 0. The molecule has 1 amide bonds. The quantitative estimate of drug-likeness (QED) is 0.663. The van der Waals surface area contributed by atoms with Crippen molar-refractivity contribution in [3.63, 3.8) is 0 Å². The van der Waals surface area contributed by atoms with Crippen molar-refractivity contribution >= 4 is 17.6 Å². The van der Waals surface area contributed by atoms with Crippen LogP contribution in [0.4, 0.5) is 16.3 Å². The molecular weight excluding hydrogens is 408 g/mol. The Hall–Kier alpha value is -3.49. The van der Waals surface area contributed by atoms with Crippen LogP contribution >= 0.6 is 0 Å². The van der Waals surface area contributed by atoms with Gasteiger partial charge in [-0.05, 0) is 51.3 Å². The molecule has 0 atom stereocenters. The number of carbonyl (C=O) groups is 1. The Morgan fingerprint density at radius 3 is 2.50 bits per heavy atom. The van der Waals surface area contributed by atoms with Crippen LogP contribution in [0, 0.1) is 0 Å². The van der Waals surface area contributed by atoms with E-state index >= 15 is 0 Å². The summed E-state index contributed by atoms with van der Waals surface area (Å²) in [5.41, 5.74) is 8.84. The van der Waals surface area contributed by atoms with Crippen molar-refractivity contribution in [3.8, 4) is 17.0 Å². The minimum absolute atomic E-state index is 0.387. The number of aromatic nitrogens is 4. The minimum atomic E-state index is -0.594. The Bertz CT molecular complexity index is 1090. The highest BCUT2D eigenvalue weighted by Crippen LogP contribution is 2.37. The van der Waals surface area contributed by atoms with Crippen LogP contribution in [0.1, 0.15) is 39.2 Å². The van der Waals surface area contributed by atoms with Crippen molar-refractivity contribution in [2.24, 2.45) is 0 Å². The van der Waals surface area contributed by atoms with Crippen molar-refractivity contribution in [1.82, 2.24) is 19.6 Å². The summed E-state index contributed by atoms with van der Waals surface area (Å²) in [4.78, 5) is 14.7. The second-order valence-electron chi connectivity index (χ2n) is 8.90. The van der Waals surface area contributed by atoms with Gasteiger partial charge in [0.05, 0.1) is 43.0 Å². The third kappa shape index (κ3) is 4.42. The average Bonchev–Trinajstić information content (AvgIpc) is 3.22.